The van der Waals surface area contributed by atoms with Gasteiger partial charge in [-0.1, -0.05) is 0 Å². The summed E-state index contributed by atoms with van der Waals surface area (Å²) in [7, 11) is -1.15. The van der Waals surface area contributed by atoms with Crippen LogP contribution in [0, 0.1) is 0 Å². The van der Waals surface area contributed by atoms with Gasteiger partial charge in [-0.2, -0.15) is 0 Å². The highest BCUT2D eigenvalue weighted by Crippen LogP contribution is 2.56. The van der Waals surface area contributed by atoms with Gasteiger partial charge in [-0.05, 0) is 0 Å². The summed E-state index contributed by atoms with van der Waals surface area (Å²) in [5.41, 5.74) is 0. The molecule has 0 radical (unpaired) electrons. The van der Waals surface area contributed by atoms with E-state index in [4.69, 9.17) is 28.2 Å². The lowest BCUT2D eigenvalue weighted by molar-refractivity contribution is -0.208. The Balaban J connectivity index is 2.16. The van der Waals surface area contributed by atoms with Crippen LogP contribution in [0.25, 0.3) is 0 Å². The van der Waals surface area contributed by atoms with Crippen molar-refractivity contribution in [3.8, 4) is 0 Å². The number of hydrogen-bond acceptors (Lipinski definition) is 6. The Morgan fingerprint density at radius 1 is 1.14 bits per heavy atom. The molecule has 14 heavy (non-hydrogen) atoms. The summed E-state index contributed by atoms with van der Waals surface area (Å²) in [6.45, 7) is 0. The third kappa shape index (κ3) is 1.61. The van der Waals surface area contributed by atoms with Crippen LogP contribution in [-0.4, -0.2) is 43.9 Å². The summed E-state index contributed by atoms with van der Waals surface area (Å²) >= 11 is 0. The Morgan fingerprint density at radius 2 is 1.57 bits per heavy atom. The highest BCUT2D eigenvalue weighted by Gasteiger charge is 2.57. The molecule has 2 aliphatic rings. The Labute approximate surface area is 80.5 Å². The number of phosphoric ester groups is 1. The average Bonchev–Trinajstić information content (AvgIpc) is 2.57. The molecule has 0 bridgehead atoms. The second kappa shape index (κ2) is 3.53. The minimum atomic E-state index is -3.96. The molecule has 0 aliphatic carbocycles. The molecule has 0 aromatic carbocycles. The van der Waals surface area contributed by atoms with Crippen molar-refractivity contribution >= 4 is 7.82 Å². The molecule has 0 saturated carbocycles. The Hall–Kier alpha value is -0.0100. The fourth-order valence-corrected chi connectivity index (χ4v) is 2.63. The average molecular weight is 226 g/mol. The molecule has 0 spiro atoms. The van der Waals surface area contributed by atoms with E-state index in [-0.39, 0.29) is 0 Å². The molecular weight excluding hydrogens is 215 g/mol. The van der Waals surface area contributed by atoms with E-state index in [1.54, 1.807) is 0 Å². The molecule has 2 fully saturated rings. The van der Waals surface area contributed by atoms with Crippen LogP contribution in [0.5, 0.6) is 0 Å². The molecule has 2 rings (SSSR count). The van der Waals surface area contributed by atoms with Crippen LogP contribution >= 0.6 is 7.82 Å². The zero-order chi connectivity index (χ0) is 10.3. The Bertz CT molecular complexity index is 247. The van der Waals surface area contributed by atoms with E-state index in [9.17, 15) is 4.57 Å². The van der Waals surface area contributed by atoms with E-state index in [0.717, 1.165) is 0 Å². The lowest BCUT2D eigenvalue weighted by atomic mass is 10.2. The molecule has 0 amide bonds. The second-order valence-electron chi connectivity index (χ2n) is 2.95. The van der Waals surface area contributed by atoms with Crippen molar-refractivity contribution < 1.29 is 32.7 Å². The van der Waals surface area contributed by atoms with Gasteiger partial charge in [-0.25, -0.2) is 4.57 Å². The zero-order valence-corrected chi connectivity index (χ0v) is 8.55. The minimum Gasteiger partial charge on any atom is -0.353 e. The molecule has 1 N–H and O–H groups in total. The maximum atomic E-state index is 11.1. The third-order valence-corrected chi connectivity index (χ3v) is 3.12. The van der Waals surface area contributed by atoms with Gasteiger partial charge in [0.25, 0.3) is 0 Å². The summed E-state index contributed by atoms with van der Waals surface area (Å²) in [5.74, 6) is 0. The van der Waals surface area contributed by atoms with Crippen LogP contribution in [0.3, 0.4) is 0 Å². The van der Waals surface area contributed by atoms with Gasteiger partial charge in [-0.15, -0.1) is 0 Å². The number of rotatable bonds is 2. The van der Waals surface area contributed by atoms with Crippen molar-refractivity contribution in [3.05, 3.63) is 0 Å². The van der Waals surface area contributed by atoms with Crippen molar-refractivity contribution in [2.75, 3.05) is 14.2 Å². The summed E-state index contributed by atoms with van der Waals surface area (Å²) < 4.78 is 35.6. The van der Waals surface area contributed by atoms with E-state index in [2.05, 4.69) is 0 Å². The highest BCUT2D eigenvalue weighted by atomic mass is 31.2. The van der Waals surface area contributed by atoms with Crippen LogP contribution in [0.2, 0.25) is 0 Å². The largest absolute Gasteiger partial charge is 0.473 e. The van der Waals surface area contributed by atoms with Crippen LogP contribution in [0.1, 0.15) is 0 Å². The fourth-order valence-electron chi connectivity index (χ4n) is 1.53. The quantitative estimate of drug-likeness (QED) is 0.655. The molecular formula is C6H11O7P. The SMILES string of the molecule is COC1OC(OC)C2OP(=O)(O)OC12. The van der Waals surface area contributed by atoms with E-state index in [1.165, 1.54) is 14.2 Å². The maximum Gasteiger partial charge on any atom is 0.473 e. The van der Waals surface area contributed by atoms with Crippen LogP contribution < -0.4 is 0 Å². The normalized spacial score (nSPS) is 52.2. The Morgan fingerprint density at radius 3 is 1.93 bits per heavy atom. The number of hydrogen-bond donors (Lipinski definition) is 1. The molecule has 2 saturated heterocycles. The first-order chi connectivity index (χ1) is 6.57. The van der Waals surface area contributed by atoms with Gasteiger partial charge in [-0.3, -0.25) is 9.05 Å². The van der Waals surface area contributed by atoms with Gasteiger partial charge in [0.05, 0.1) is 0 Å². The first-order valence-corrected chi connectivity index (χ1v) is 5.47. The molecule has 2 aliphatic heterocycles. The lowest BCUT2D eigenvalue weighted by Gasteiger charge is -2.15. The van der Waals surface area contributed by atoms with Gasteiger partial charge in [0.15, 0.2) is 24.8 Å². The van der Waals surface area contributed by atoms with Gasteiger partial charge in [0.2, 0.25) is 0 Å². The van der Waals surface area contributed by atoms with Crippen LogP contribution in [0.4, 0.5) is 0 Å². The molecule has 4 atom stereocenters. The molecule has 4 unspecified atom stereocenters. The van der Waals surface area contributed by atoms with Crippen molar-refractivity contribution in [1.29, 1.82) is 0 Å². The number of fused-ring (bicyclic) bond motifs is 1. The summed E-state index contributed by atoms with van der Waals surface area (Å²) in [6, 6.07) is 0. The first kappa shape index (κ1) is 10.5. The fraction of sp³-hybridized carbons (Fsp3) is 1.00. The van der Waals surface area contributed by atoms with Crippen molar-refractivity contribution in [2.24, 2.45) is 0 Å². The zero-order valence-electron chi connectivity index (χ0n) is 7.65. The van der Waals surface area contributed by atoms with Crippen molar-refractivity contribution in [2.45, 2.75) is 24.8 Å². The van der Waals surface area contributed by atoms with Crippen LogP contribution in [0.15, 0.2) is 0 Å². The summed E-state index contributed by atoms with van der Waals surface area (Å²) in [5, 5.41) is 0. The molecule has 82 valence electrons. The van der Waals surface area contributed by atoms with Gasteiger partial charge < -0.3 is 19.1 Å². The summed E-state index contributed by atoms with van der Waals surface area (Å²) in [4.78, 5) is 9.07. The highest BCUT2D eigenvalue weighted by molar-refractivity contribution is 7.47. The van der Waals surface area contributed by atoms with Gasteiger partial charge >= 0.3 is 7.82 Å². The number of methoxy groups -OCH3 is 2. The maximum absolute atomic E-state index is 11.1. The van der Waals surface area contributed by atoms with E-state index in [0.29, 0.717) is 0 Å². The molecule has 0 aromatic heterocycles. The van der Waals surface area contributed by atoms with Gasteiger partial charge in [0, 0.05) is 14.2 Å². The van der Waals surface area contributed by atoms with Crippen molar-refractivity contribution in [3.63, 3.8) is 0 Å². The topological polar surface area (TPSA) is 83.5 Å². The van der Waals surface area contributed by atoms with E-state index < -0.39 is 32.6 Å². The number of ether oxygens (including phenoxy) is 3. The van der Waals surface area contributed by atoms with Gasteiger partial charge in [0.1, 0.15) is 0 Å². The standard InChI is InChI=1S/C6H11O7P/c1-9-5-3-4(6(10-2)11-5)13-14(7,8)12-3/h3-6H,1-2H3,(H,7,8). The predicted octanol–water partition coefficient (Wildman–Crippen LogP) is -0.154. The third-order valence-electron chi connectivity index (χ3n) is 2.10. The molecule has 0 aromatic rings. The predicted molar refractivity (Wildman–Crippen MR) is 42.3 cm³/mol. The molecule has 7 nitrogen and oxygen atoms in total. The monoisotopic (exact) mass is 226 g/mol. The Kier molecular flexibility index (Phi) is 2.65. The smallest absolute Gasteiger partial charge is 0.353 e. The molecule has 2 heterocycles. The minimum absolute atomic E-state index is 0.721. The van der Waals surface area contributed by atoms with E-state index >= 15 is 0 Å². The number of phosphoric acid groups is 1. The second-order valence-corrected chi connectivity index (χ2v) is 4.31. The molecule has 8 heteroatoms. The van der Waals surface area contributed by atoms with Crippen molar-refractivity contribution in [1.82, 2.24) is 0 Å². The van der Waals surface area contributed by atoms with E-state index in [1.807, 2.05) is 0 Å². The lowest BCUT2D eigenvalue weighted by Crippen LogP contribution is -2.30. The first-order valence-electron chi connectivity index (χ1n) is 3.98. The summed E-state index contributed by atoms with van der Waals surface area (Å²) in [6.07, 6.45) is -2.93. The van der Waals surface area contributed by atoms with Crippen LogP contribution in [-0.2, 0) is 27.8 Å².